The maximum Gasteiger partial charge on any atom is 0.417 e. The summed E-state index contributed by atoms with van der Waals surface area (Å²) in [5, 5.41) is 0. The molecule has 1 amide bonds. The number of aromatic amines is 2. The number of fused-ring (bicyclic) bond motifs is 2. The third-order valence-corrected chi connectivity index (χ3v) is 11.2. The van der Waals surface area contributed by atoms with Crippen LogP contribution in [0, 0.1) is 11.6 Å². The number of benzene rings is 6. The minimum absolute atomic E-state index is 0.00608. The Labute approximate surface area is 444 Å². The summed E-state index contributed by atoms with van der Waals surface area (Å²) in [5.41, 5.74) is 5.58. The van der Waals surface area contributed by atoms with E-state index in [0.717, 1.165) is 6.07 Å². The zero-order valence-electron chi connectivity index (χ0n) is 41.3. The number of nitrogens with one attached hydrogen (secondary N) is 2. The molecule has 0 bridgehead atoms. The lowest BCUT2D eigenvalue weighted by Gasteiger charge is -2.29. The Bertz CT molecular complexity index is 3770. The van der Waals surface area contributed by atoms with E-state index in [-0.39, 0.29) is 63.6 Å². The third-order valence-electron chi connectivity index (χ3n) is 11.2. The van der Waals surface area contributed by atoms with Crippen molar-refractivity contribution in [1.29, 1.82) is 0 Å². The molecule has 4 heterocycles. The number of H-pyrrole nitrogens is 2. The summed E-state index contributed by atoms with van der Waals surface area (Å²) in [7, 11) is 0. The van der Waals surface area contributed by atoms with Gasteiger partial charge in [0, 0.05) is 22.3 Å². The molecule has 0 radical (unpaired) electrons. The van der Waals surface area contributed by atoms with Crippen molar-refractivity contribution >= 4 is 57.6 Å². The van der Waals surface area contributed by atoms with Gasteiger partial charge in [0.2, 0.25) is 5.78 Å². The highest BCUT2D eigenvalue weighted by Crippen LogP contribution is 2.46. The summed E-state index contributed by atoms with van der Waals surface area (Å²) in [4.78, 5) is 91.3. The topological polar surface area (TPSA) is 247 Å². The predicted octanol–water partition coefficient (Wildman–Crippen LogP) is 10.1. The smallest absolute Gasteiger partial charge is 0.417 e. The van der Waals surface area contributed by atoms with Gasteiger partial charge in [-0.15, -0.1) is 0 Å². The molecule has 4 N–H and O–H groups in total. The standard InChI is InChI=1S/C27H17F4N3O4.C13H9FO2.C13H11NO6.C2H4F3N/c28-19-10-9-15(37-14-5-2-1-3-6-14)11-17(19)23-21-18(25(35)34(23)13-27(29,30)31)12-32-22(21)16-7-4-8-20-24(16)38-26(36)33-20;14-13-7-6-12(8-10(13)9-15)16-11-4-2-1-3-5-11;1-2-19-12(17)10(16)6-9(15)7-4-3-5-8-11(7)20-13(18)14-8;3-2(4,5)1-6/h1-11,23H,12-13H2,(H,33,36);1-9H;3-5H,2,6H2,1H3,(H,14,18);1,6H2. The maximum absolute atomic E-state index is 15.3. The molecule has 2 aliphatic rings. The zero-order valence-corrected chi connectivity index (χ0v) is 41.3. The molecule has 414 valence electrons. The van der Waals surface area contributed by atoms with Crippen LogP contribution >= 0.6 is 0 Å². The Morgan fingerprint density at radius 2 is 1.26 bits per heavy atom. The largest absolute Gasteiger partial charge is 0.460 e. The third kappa shape index (κ3) is 14.4. The molecule has 0 spiro atoms. The Hall–Kier alpha value is -9.78. The number of ketones is 2. The van der Waals surface area contributed by atoms with Crippen LogP contribution in [-0.4, -0.2) is 88.9 Å². The Morgan fingerprint density at radius 3 is 1.82 bits per heavy atom. The maximum atomic E-state index is 15.3. The highest BCUT2D eigenvalue weighted by Gasteiger charge is 2.49. The lowest BCUT2D eigenvalue weighted by molar-refractivity contribution is -0.160. The minimum Gasteiger partial charge on any atom is -0.460 e. The predicted molar refractivity (Wildman–Crippen MR) is 270 cm³/mol. The van der Waals surface area contributed by atoms with E-state index in [4.69, 9.17) is 18.3 Å². The van der Waals surface area contributed by atoms with E-state index in [1.165, 1.54) is 42.5 Å². The first-order valence-electron chi connectivity index (χ1n) is 23.5. The van der Waals surface area contributed by atoms with E-state index in [1.54, 1.807) is 73.7 Å². The van der Waals surface area contributed by atoms with Crippen LogP contribution in [0.1, 0.15) is 51.2 Å². The average molecular weight is 1120 g/mol. The molecule has 8 aromatic rings. The van der Waals surface area contributed by atoms with Gasteiger partial charge in [-0.25, -0.2) is 23.2 Å². The molecule has 0 saturated carbocycles. The average Bonchev–Trinajstić information content (AvgIpc) is 4.41. The molecule has 25 heteroatoms. The monoisotopic (exact) mass is 1120 g/mol. The summed E-state index contributed by atoms with van der Waals surface area (Å²) in [5.74, 6) is -4.58. The number of rotatable bonds is 13. The number of nitrogens with zero attached hydrogens (tertiary/aromatic N) is 2. The van der Waals surface area contributed by atoms with Crippen molar-refractivity contribution in [2.75, 3.05) is 26.2 Å². The number of aromatic nitrogens is 2. The lowest BCUT2D eigenvalue weighted by Crippen LogP contribution is -2.39. The summed E-state index contributed by atoms with van der Waals surface area (Å²) < 4.78 is 127. The van der Waals surface area contributed by atoms with Crippen LogP contribution in [0.4, 0.5) is 35.1 Å². The lowest BCUT2D eigenvalue weighted by atomic mass is 9.91. The normalized spacial score (nSPS) is 13.7. The molecule has 80 heavy (non-hydrogen) atoms. The quantitative estimate of drug-likeness (QED) is 0.0243. The second kappa shape index (κ2) is 25.1. The number of ether oxygens (including phenoxy) is 3. The van der Waals surface area contributed by atoms with Gasteiger partial charge in [0.05, 0.1) is 60.0 Å². The van der Waals surface area contributed by atoms with Crippen LogP contribution < -0.4 is 26.7 Å². The summed E-state index contributed by atoms with van der Waals surface area (Å²) in [6, 6.07) is 33.3. The van der Waals surface area contributed by atoms with Gasteiger partial charge in [-0.3, -0.25) is 34.1 Å². The first kappa shape index (κ1) is 57.9. The number of hydrogen-bond donors (Lipinski definition) is 3. The van der Waals surface area contributed by atoms with E-state index in [1.807, 2.05) is 18.2 Å². The number of carbonyl (C=O) groups is 5. The van der Waals surface area contributed by atoms with Crippen molar-refractivity contribution in [3.63, 3.8) is 0 Å². The van der Waals surface area contributed by atoms with Crippen molar-refractivity contribution in [1.82, 2.24) is 14.9 Å². The SMILES string of the molecule is CCOC(=O)C(=O)CC(=O)c1cccc2[nH]c(=O)oc12.NCC(F)(F)F.O=C1C2=C(C(c3cccc4[nH]c(=O)oc34)=NC2)C(c2cc(Oc3ccccc3)ccc2F)N1CC(F)(F)F.O=Cc1cc(Oc2ccccc2)ccc1F. The highest BCUT2D eigenvalue weighted by atomic mass is 19.4. The number of para-hydroxylation sites is 4. The van der Waals surface area contributed by atoms with Crippen LogP contribution in [0.5, 0.6) is 23.0 Å². The van der Waals surface area contributed by atoms with Crippen molar-refractivity contribution in [3.8, 4) is 23.0 Å². The molecule has 10 rings (SSSR count). The van der Waals surface area contributed by atoms with E-state index < -0.39 is 84.5 Å². The number of oxazole rings is 2. The molecule has 2 aliphatic heterocycles. The van der Waals surface area contributed by atoms with Gasteiger partial charge < -0.3 is 33.7 Å². The number of halogens is 8. The van der Waals surface area contributed by atoms with Gasteiger partial charge >= 0.3 is 29.8 Å². The first-order valence-corrected chi connectivity index (χ1v) is 23.5. The summed E-state index contributed by atoms with van der Waals surface area (Å²) in [6.45, 7) is -1.40. The minimum atomic E-state index is -4.74. The van der Waals surface area contributed by atoms with E-state index in [2.05, 4.69) is 25.4 Å². The molecule has 0 fully saturated rings. The van der Waals surface area contributed by atoms with E-state index in [0.29, 0.717) is 45.0 Å². The molecule has 0 saturated heterocycles. The number of amides is 1. The van der Waals surface area contributed by atoms with Crippen LogP contribution in [0.2, 0.25) is 0 Å². The molecule has 2 aromatic heterocycles. The second-order valence-electron chi connectivity index (χ2n) is 16.8. The van der Waals surface area contributed by atoms with Crippen molar-refractivity contribution in [2.45, 2.75) is 31.7 Å². The number of aldehydes is 1. The molecule has 1 unspecified atom stereocenters. The fraction of sp³-hybridized carbons (Fsp3) is 0.164. The van der Waals surface area contributed by atoms with Gasteiger partial charge in [0.1, 0.15) is 41.2 Å². The number of carbonyl (C=O) groups excluding carboxylic acids is 5. The number of Topliss-reactive ketones (excluding diaryl/α,β-unsaturated/α-hetero) is 2. The van der Waals surface area contributed by atoms with Crippen molar-refractivity contribution in [2.24, 2.45) is 10.7 Å². The zero-order chi connectivity index (χ0) is 57.9. The van der Waals surface area contributed by atoms with Crippen LogP contribution in [0.3, 0.4) is 0 Å². The molecule has 17 nitrogen and oxygen atoms in total. The first-order chi connectivity index (χ1) is 38.1. The number of nitrogens with two attached hydrogens (primary N) is 1. The van der Waals surface area contributed by atoms with E-state index in [9.17, 15) is 64.3 Å². The van der Waals surface area contributed by atoms with Crippen LogP contribution in [0.25, 0.3) is 22.2 Å². The Morgan fingerprint density at radius 1 is 0.713 bits per heavy atom. The number of alkyl halides is 6. The van der Waals surface area contributed by atoms with Crippen molar-refractivity contribution < 1.29 is 82.1 Å². The van der Waals surface area contributed by atoms with Gasteiger partial charge in [0.25, 0.3) is 5.91 Å². The molecule has 1 atom stereocenters. The second-order valence-corrected chi connectivity index (χ2v) is 16.8. The Kier molecular flexibility index (Phi) is 18.2. The highest BCUT2D eigenvalue weighted by molar-refractivity contribution is 6.38. The number of aliphatic imine (C=N–C) groups is 1. The van der Waals surface area contributed by atoms with E-state index >= 15 is 4.39 Å². The fourth-order valence-corrected chi connectivity index (χ4v) is 7.90. The van der Waals surface area contributed by atoms with Crippen LogP contribution in [-0.2, 0) is 19.1 Å². The summed E-state index contributed by atoms with van der Waals surface area (Å²) in [6.07, 6.45) is -9.09. The molecular formula is C55H41F8N5O12. The molecule has 0 aliphatic carbocycles. The van der Waals surface area contributed by atoms with Gasteiger partial charge in [0.15, 0.2) is 23.2 Å². The number of hydrogen-bond acceptors (Lipinski definition) is 14. The van der Waals surface area contributed by atoms with Crippen molar-refractivity contribution in [3.05, 3.63) is 200 Å². The number of esters is 1. The molecular weight excluding hydrogens is 1070 g/mol. The van der Waals surface area contributed by atoms with Gasteiger partial charge in [-0.1, -0.05) is 48.5 Å². The Balaban J connectivity index is 0.000000184. The van der Waals surface area contributed by atoms with Gasteiger partial charge in [-0.05, 0) is 91.9 Å². The molecule has 6 aromatic carbocycles. The van der Waals surface area contributed by atoms with Gasteiger partial charge in [-0.2, -0.15) is 26.3 Å². The summed E-state index contributed by atoms with van der Waals surface area (Å²) >= 11 is 0. The van der Waals surface area contributed by atoms with Crippen LogP contribution in [0.15, 0.2) is 168 Å². The fourth-order valence-electron chi connectivity index (χ4n) is 7.90.